The van der Waals surface area contributed by atoms with E-state index in [0.29, 0.717) is 17.8 Å². The van der Waals surface area contributed by atoms with Crippen LogP contribution in [-0.2, 0) is 0 Å². The van der Waals surface area contributed by atoms with Gasteiger partial charge in [-0.2, -0.15) is 0 Å². The highest BCUT2D eigenvalue weighted by Crippen LogP contribution is 2.20. The molecule has 4 heteroatoms. The van der Waals surface area contributed by atoms with Gasteiger partial charge in [-0.3, -0.25) is 4.79 Å². The van der Waals surface area contributed by atoms with Crippen molar-refractivity contribution in [3.63, 3.8) is 0 Å². The largest absolute Gasteiger partial charge is 0.383 e. The summed E-state index contributed by atoms with van der Waals surface area (Å²) in [6.45, 7) is 4.03. The lowest BCUT2D eigenvalue weighted by molar-refractivity contribution is 0.112. The summed E-state index contributed by atoms with van der Waals surface area (Å²) in [5.74, 6) is 0.555. The number of aldehydes is 1. The fraction of sp³-hybridized carbons (Fsp3) is 0.400. The van der Waals surface area contributed by atoms with Gasteiger partial charge in [0.2, 0.25) is 0 Å². The van der Waals surface area contributed by atoms with Gasteiger partial charge in [0.15, 0.2) is 6.29 Å². The maximum atomic E-state index is 10.6. The van der Waals surface area contributed by atoms with E-state index in [9.17, 15) is 4.79 Å². The zero-order valence-electron chi connectivity index (χ0n) is 8.40. The van der Waals surface area contributed by atoms with Crippen molar-refractivity contribution in [2.75, 3.05) is 5.73 Å². The first-order chi connectivity index (χ1) is 6.56. The molecule has 1 aromatic rings. The van der Waals surface area contributed by atoms with E-state index in [0.717, 1.165) is 5.56 Å². The highest BCUT2D eigenvalue weighted by molar-refractivity contribution is 5.81. The average molecular weight is 193 g/mol. The third-order valence-electron chi connectivity index (χ3n) is 2.20. The first kappa shape index (κ1) is 10.7. The van der Waals surface area contributed by atoms with Crippen LogP contribution in [-0.4, -0.2) is 11.3 Å². The Morgan fingerprint density at radius 1 is 1.50 bits per heavy atom. The van der Waals surface area contributed by atoms with Gasteiger partial charge < -0.3 is 11.5 Å². The van der Waals surface area contributed by atoms with Crippen molar-refractivity contribution in [1.29, 1.82) is 0 Å². The SMILES string of the molecule is CC(C)C(N)c1cnc(N)c(C=O)c1. The fourth-order valence-corrected chi connectivity index (χ4v) is 1.17. The zero-order chi connectivity index (χ0) is 10.7. The maximum Gasteiger partial charge on any atom is 0.153 e. The molecule has 1 unspecified atom stereocenters. The number of hydrogen-bond acceptors (Lipinski definition) is 4. The minimum atomic E-state index is -0.109. The van der Waals surface area contributed by atoms with Crippen molar-refractivity contribution in [1.82, 2.24) is 4.98 Å². The summed E-state index contributed by atoms with van der Waals surface area (Å²) in [5, 5.41) is 0. The monoisotopic (exact) mass is 193 g/mol. The smallest absolute Gasteiger partial charge is 0.153 e. The molecule has 1 heterocycles. The van der Waals surface area contributed by atoms with Crippen LogP contribution in [0.5, 0.6) is 0 Å². The van der Waals surface area contributed by atoms with Crippen molar-refractivity contribution in [2.45, 2.75) is 19.9 Å². The number of aromatic nitrogens is 1. The molecule has 1 aromatic heterocycles. The first-order valence-electron chi connectivity index (χ1n) is 4.52. The van der Waals surface area contributed by atoms with Crippen LogP contribution in [0.25, 0.3) is 0 Å². The molecule has 1 atom stereocenters. The van der Waals surface area contributed by atoms with E-state index in [4.69, 9.17) is 11.5 Å². The third kappa shape index (κ3) is 2.09. The molecule has 0 aliphatic heterocycles. The van der Waals surface area contributed by atoms with Crippen LogP contribution in [0, 0.1) is 5.92 Å². The van der Waals surface area contributed by atoms with E-state index in [1.54, 1.807) is 12.3 Å². The molecule has 1 rings (SSSR count). The standard InChI is InChI=1S/C10H15N3O/c1-6(2)9(11)7-3-8(5-14)10(12)13-4-7/h3-6,9H,11H2,1-2H3,(H2,12,13). The normalized spacial score (nSPS) is 12.9. The van der Waals surface area contributed by atoms with E-state index in [2.05, 4.69) is 4.98 Å². The Kier molecular flexibility index (Phi) is 3.19. The predicted octanol–water partition coefficient (Wildman–Crippen LogP) is 1.13. The van der Waals surface area contributed by atoms with Gasteiger partial charge in [-0.05, 0) is 17.5 Å². The summed E-state index contributed by atoms with van der Waals surface area (Å²) in [4.78, 5) is 14.5. The summed E-state index contributed by atoms with van der Waals surface area (Å²) >= 11 is 0. The summed E-state index contributed by atoms with van der Waals surface area (Å²) in [7, 11) is 0. The molecule has 4 N–H and O–H groups in total. The molecule has 0 spiro atoms. The summed E-state index contributed by atoms with van der Waals surface area (Å²) in [6, 6.07) is 1.58. The Bertz CT molecular complexity index is 336. The number of anilines is 1. The molecule has 0 fully saturated rings. The number of nitrogens with two attached hydrogens (primary N) is 2. The van der Waals surface area contributed by atoms with Crippen LogP contribution in [0.3, 0.4) is 0 Å². The Morgan fingerprint density at radius 3 is 2.64 bits per heavy atom. The fourth-order valence-electron chi connectivity index (χ4n) is 1.17. The lowest BCUT2D eigenvalue weighted by Gasteiger charge is -2.16. The average Bonchev–Trinajstić information content (AvgIpc) is 2.17. The molecule has 0 aromatic carbocycles. The van der Waals surface area contributed by atoms with Gasteiger partial charge in [-0.15, -0.1) is 0 Å². The van der Waals surface area contributed by atoms with Crippen molar-refractivity contribution in [3.05, 3.63) is 23.4 Å². The molecule has 0 amide bonds. The van der Waals surface area contributed by atoms with Gasteiger partial charge in [-0.1, -0.05) is 13.8 Å². The van der Waals surface area contributed by atoms with Gasteiger partial charge in [0.25, 0.3) is 0 Å². The first-order valence-corrected chi connectivity index (χ1v) is 4.52. The predicted molar refractivity (Wildman–Crippen MR) is 55.8 cm³/mol. The second-order valence-electron chi connectivity index (χ2n) is 3.63. The van der Waals surface area contributed by atoms with Crippen molar-refractivity contribution >= 4 is 12.1 Å². The number of nitrogens with zero attached hydrogens (tertiary/aromatic N) is 1. The minimum Gasteiger partial charge on any atom is -0.383 e. The number of carbonyl (C=O) groups excluding carboxylic acids is 1. The van der Waals surface area contributed by atoms with E-state index in [-0.39, 0.29) is 11.9 Å². The molecular formula is C10H15N3O. The Morgan fingerprint density at radius 2 is 2.14 bits per heavy atom. The van der Waals surface area contributed by atoms with Gasteiger partial charge in [-0.25, -0.2) is 4.98 Å². The molecule has 0 aliphatic rings. The molecule has 76 valence electrons. The van der Waals surface area contributed by atoms with Crippen LogP contribution in [0.4, 0.5) is 5.82 Å². The highest BCUT2D eigenvalue weighted by atomic mass is 16.1. The van der Waals surface area contributed by atoms with Gasteiger partial charge in [0, 0.05) is 12.2 Å². The highest BCUT2D eigenvalue weighted by Gasteiger charge is 2.12. The van der Waals surface area contributed by atoms with Crippen LogP contribution in [0.15, 0.2) is 12.3 Å². The van der Waals surface area contributed by atoms with E-state index in [1.165, 1.54) is 0 Å². The topological polar surface area (TPSA) is 82.0 Å². The summed E-state index contributed by atoms with van der Waals surface area (Å²) < 4.78 is 0. The van der Waals surface area contributed by atoms with E-state index in [1.807, 2.05) is 13.8 Å². The quantitative estimate of drug-likeness (QED) is 0.705. The van der Waals surface area contributed by atoms with Crippen LogP contribution in [0.1, 0.15) is 35.8 Å². The number of nitrogen functional groups attached to an aromatic ring is 1. The van der Waals surface area contributed by atoms with E-state index >= 15 is 0 Å². The molecule has 14 heavy (non-hydrogen) atoms. The molecule has 0 radical (unpaired) electrons. The molecule has 0 saturated heterocycles. The van der Waals surface area contributed by atoms with Crippen molar-refractivity contribution in [3.8, 4) is 0 Å². The van der Waals surface area contributed by atoms with E-state index < -0.39 is 0 Å². The van der Waals surface area contributed by atoms with Crippen molar-refractivity contribution < 1.29 is 4.79 Å². The third-order valence-corrected chi connectivity index (χ3v) is 2.20. The minimum absolute atomic E-state index is 0.109. The zero-order valence-corrected chi connectivity index (χ0v) is 8.40. The van der Waals surface area contributed by atoms with Gasteiger partial charge >= 0.3 is 0 Å². The maximum absolute atomic E-state index is 10.6. The second-order valence-corrected chi connectivity index (χ2v) is 3.63. The van der Waals surface area contributed by atoms with Crippen LogP contribution < -0.4 is 11.5 Å². The Labute approximate surface area is 83.3 Å². The Balaban J connectivity index is 3.06. The molecule has 0 aliphatic carbocycles. The summed E-state index contributed by atoms with van der Waals surface area (Å²) in [6.07, 6.45) is 2.31. The number of pyridine rings is 1. The molecule has 4 nitrogen and oxygen atoms in total. The van der Waals surface area contributed by atoms with Crippen LogP contribution in [0.2, 0.25) is 0 Å². The lowest BCUT2D eigenvalue weighted by Crippen LogP contribution is -2.17. The summed E-state index contributed by atoms with van der Waals surface area (Å²) in [5.41, 5.74) is 12.7. The lowest BCUT2D eigenvalue weighted by atomic mass is 9.97. The molecule has 0 bridgehead atoms. The molecular weight excluding hydrogens is 178 g/mol. The van der Waals surface area contributed by atoms with Crippen molar-refractivity contribution in [2.24, 2.45) is 11.7 Å². The van der Waals surface area contributed by atoms with Gasteiger partial charge in [0.05, 0.1) is 5.56 Å². The number of rotatable bonds is 3. The van der Waals surface area contributed by atoms with Crippen LogP contribution >= 0.6 is 0 Å². The Hall–Kier alpha value is -1.42. The second kappa shape index (κ2) is 4.19. The number of hydrogen-bond donors (Lipinski definition) is 2. The van der Waals surface area contributed by atoms with Gasteiger partial charge in [0.1, 0.15) is 5.82 Å². The molecule has 0 saturated carbocycles. The number of carbonyl (C=O) groups is 1.